The van der Waals surface area contributed by atoms with Crippen molar-refractivity contribution in [3.05, 3.63) is 33.9 Å². The summed E-state index contributed by atoms with van der Waals surface area (Å²) in [6.07, 6.45) is 1.24. The van der Waals surface area contributed by atoms with Crippen LogP contribution in [-0.4, -0.2) is 55.6 Å². The smallest absolute Gasteiger partial charge is 0.341 e. The van der Waals surface area contributed by atoms with E-state index in [1.54, 1.807) is 0 Å². The van der Waals surface area contributed by atoms with Gasteiger partial charge in [0.25, 0.3) is 5.56 Å². The number of piperazine rings is 1. The minimum atomic E-state index is -1.16. The molecule has 1 aliphatic rings. The first kappa shape index (κ1) is 16.2. The molecule has 1 saturated heterocycles. The van der Waals surface area contributed by atoms with Crippen molar-refractivity contribution in [1.29, 1.82) is 0 Å². The fourth-order valence-corrected chi connectivity index (χ4v) is 3.11. The van der Waals surface area contributed by atoms with Crippen LogP contribution in [0.25, 0.3) is 5.65 Å². The molecular weight excluding hydrogens is 314 g/mol. The van der Waals surface area contributed by atoms with Gasteiger partial charge in [-0.05, 0) is 5.92 Å². The van der Waals surface area contributed by atoms with Crippen molar-refractivity contribution in [3.63, 3.8) is 0 Å². The maximum Gasteiger partial charge on any atom is 0.341 e. The molecule has 0 spiro atoms. The Morgan fingerprint density at radius 2 is 2.21 bits per heavy atom. The Labute approximate surface area is 137 Å². The molecule has 0 aromatic carbocycles. The van der Waals surface area contributed by atoms with Gasteiger partial charge in [-0.25, -0.2) is 14.3 Å². The second kappa shape index (κ2) is 6.08. The molecule has 3 rings (SSSR count). The minimum Gasteiger partial charge on any atom is -0.477 e. The van der Waals surface area contributed by atoms with Crippen LogP contribution in [0, 0.1) is 5.92 Å². The first-order valence-electron chi connectivity index (χ1n) is 7.73. The fourth-order valence-electron chi connectivity index (χ4n) is 3.11. The van der Waals surface area contributed by atoms with E-state index < -0.39 is 5.97 Å². The highest BCUT2D eigenvalue weighted by molar-refractivity contribution is 5.94. The Morgan fingerprint density at radius 1 is 1.46 bits per heavy atom. The molecule has 1 fully saturated rings. The third-order valence-electron chi connectivity index (χ3n) is 4.14. The van der Waals surface area contributed by atoms with Crippen LogP contribution in [0.1, 0.15) is 29.9 Å². The van der Waals surface area contributed by atoms with E-state index in [9.17, 15) is 19.5 Å². The number of nitrogens with zero attached hydrogens (tertiary/aromatic N) is 3. The number of aromatic amines is 1. The zero-order chi connectivity index (χ0) is 17.4. The number of carboxylic acids is 1. The lowest BCUT2D eigenvalue weighted by Gasteiger charge is -2.36. The molecule has 24 heavy (non-hydrogen) atoms. The number of rotatable bonds is 4. The van der Waals surface area contributed by atoms with Crippen LogP contribution in [0.5, 0.6) is 0 Å². The minimum absolute atomic E-state index is 0.0399. The summed E-state index contributed by atoms with van der Waals surface area (Å²) in [5.41, 5.74) is 0.0748. The Hall–Kier alpha value is -2.68. The monoisotopic (exact) mass is 333 g/mol. The second-order valence-corrected chi connectivity index (χ2v) is 6.19. The van der Waals surface area contributed by atoms with Crippen LogP contribution < -0.4 is 10.9 Å². The molecule has 3 heterocycles. The van der Waals surface area contributed by atoms with E-state index in [4.69, 9.17) is 0 Å². The molecule has 9 heteroatoms. The predicted molar refractivity (Wildman–Crippen MR) is 84.8 cm³/mol. The standard InChI is InChI=1S/C15H19N5O4/c1-8(2)12-14(22)16-3-4-19(12)7-9-5-11(21)20-13(18-9)10(6-17-20)15(23)24/h5-6,8,12,17H,3-4,7H2,1-2H3,(H,16,22)(H,23,24). The Kier molecular flexibility index (Phi) is 4.10. The van der Waals surface area contributed by atoms with E-state index >= 15 is 0 Å². The predicted octanol–water partition coefficient (Wildman–Crippen LogP) is -0.323. The average molecular weight is 333 g/mol. The second-order valence-electron chi connectivity index (χ2n) is 6.19. The molecule has 2 aromatic heterocycles. The number of aromatic carboxylic acids is 1. The molecular formula is C15H19N5O4. The van der Waals surface area contributed by atoms with E-state index in [0.717, 1.165) is 4.52 Å². The number of amides is 1. The summed E-state index contributed by atoms with van der Waals surface area (Å²) in [7, 11) is 0. The number of hydrogen-bond acceptors (Lipinski definition) is 5. The van der Waals surface area contributed by atoms with Crippen molar-refractivity contribution in [1.82, 2.24) is 24.8 Å². The van der Waals surface area contributed by atoms with Crippen LogP contribution in [0.4, 0.5) is 0 Å². The lowest BCUT2D eigenvalue weighted by molar-refractivity contribution is -0.131. The molecule has 128 valence electrons. The summed E-state index contributed by atoms with van der Waals surface area (Å²) < 4.78 is 1.09. The number of carbonyl (C=O) groups is 2. The van der Waals surface area contributed by atoms with Gasteiger partial charge in [-0.1, -0.05) is 13.8 Å². The third-order valence-corrected chi connectivity index (χ3v) is 4.14. The van der Waals surface area contributed by atoms with E-state index in [1.165, 1.54) is 12.3 Å². The molecule has 1 unspecified atom stereocenters. The highest BCUT2D eigenvalue weighted by atomic mass is 16.4. The van der Waals surface area contributed by atoms with Crippen LogP contribution in [-0.2, 0) is 11.3 Å². The molecule has 3 N–H and O–H groups in total. The number of hydrogen-bond donors (Lipinski definition) is 3. The van der Waals surface area contributed by atoms with Gasteiger partial charge in [0.05, 0.1) is 11.7 Å². The zero-order valence-electron chi connectivity index (χ0n) is 13.4. The molecule has 1 aliphatic heterocycles. The van der Waals surface area contributed by atoms with Crippen LogP contribution in [0.2, 0.25) is 0 Å². The summed E-state index contributed by atoms with van der Waals surface area (Å²) in [4.78, 5) is 41.8. The number of H-pyrrole nitrogens is 1. The first-order valence-corrected chi connectivity index (χ1v) is 7.73. The van der Waals surface area contributed by atoms with Crippen molar-refractivity contribution in [2.75, 3.05) is 13.1 Å². The van der Waals surface area contributed by atoms with Crippen LogP contribution in [0.3, 0.4) is 0 Å². The molecule has 0 saturated carbocycles. The lowest BCUT2D eigenvalue weighted by Crippen LogP contribution is -2.56. The quantitative estimate of drug-likeness (QED) is 0.705. The van der Waals surface area contributed by atoms with Gasteiger partial charge in [-0.2, -0.15) is 0 Å². The number of carboxylic acid groups (broad SMARTS) is 1. The Morgan fingerprint density at radius 3 is 2.88 bits per heavy atom. The third kappa shape index (κ3) is 2.78. The normalized spacial score (nSPS) is 19.0. The maximum atomic E-state index is 12.2. The van der Waals surface area contributed by atoms with Crippen LogP contribution >= 0.6 is 0 Å². The number of nitrogens with one attached hydrogen (secondary N) is 2. The molecule has 9 nitrogen and oxygen atoms in total. The van der Waals surface area contributed by atoms with Crippen molar-refractivity contribution >= 4 is 17.5 Å². The fraction of sp³-hybridized carbons (Fsp3) is 0.467. The summed E-state index contributed by atoms with van der Waals surface area (Å²) in [5, 5.41) is 14.6. The molecule has 1 atom stereocenters. The van der Waals surface area contributed by atoms with E-state index in [2.05, 4.69) is 15.4 Å². The summed E-state index contributed by atoms with van der Waals surface area (Å²) in [6.45, 7) is 5.42. The van der Waals surface area contributed by atoms with Gasteiger partial charge in [0.1, 0.15) is 5.56 Å². The number of aromatic nitrogens is 3. The van der Waals surface area contributed by atoms with Gasteiger partial charge in [0.2, 0.25) is 5.91 Å². The van der Waals surface area contributed by atoms with Crippen molar-refractivity contribution in [2.24, 2.45) is 5.92 Å². The van der Waals surface area contributed by atoms with E-state index in [0.29, 0.717) is 25.3 Å². The van der Waals surface area contributed by atoms with E-state index in [-0.39, 0.29) is 34.6 Å². The van der Waals surface area contributed by atoms with Crippen molar-refractivity contribution in [3.8, 4) is 0 Å². The van der Waals surface area contributed by atoms with Gasteiger partial charge in [0.15, 0.2) is 5.65 Å². The largest absolute Gasteiger partial charge is 0.477 e. The van der Waals surface area contributed by atoms with Gasteiger partial charge in [-0.3, -0.25) is 19.6 Å². The zero-order valence-corrected chi connectivity index (χ0v) is 13.4. The highest BCUT2D eigenvalue weighted by Crippen LogP contribution is 2.17. The van der Waals surface area contributed by atoms with Crippen molar-refractivity contribution < 1.29 is 14.7 Å². The summed E-state index contributed by atoms with van der Waals surface area (Å²) in [5.74, 6) is -1.09. The maximum absolute atomic E-state index is 12.2. The first-order chi connectivity index (χ1) is 11.4. The molecule has 2 aromatic rings. The van der Waals surface area contributed by atoms with Gasteiger partial charge in [0, 0.05) is 31.9 Å². The molecule has 0 radical (unpaired) electrons. The SMILES string of the molecule is CC(C)C1C(=O)NCCN1Cc1cc(=O)n2[nH]cc(C(=O)O)c2n1. The number of fused-ring (bicyclic) bond motifs is 1. The Balaban J connectivity index is 1.97. The summed E-state index contributed by atoms with van der Waals surface area (Å²) in [6, 6.07) is 1.06. The lowest BCUT2D eigenvalue weighted by atomic mass is 9.99. The average Bonchev–Trinajstić information content (AvgIpc) is 2.91. The highest BCUT2D eigenvalue weighted by Gasteiger charge is 2.32. The topological polar surface area (TPSA) is 120 Å². The molecule has 0 aliphatic carbocycles. The van der Waals surface area contributed by atoms with Gasteiger partial charge >= 0.3 is 5.97 Å². The van der Waals surface area contributed by atoms with Crippen LogP contribution in [0.15, 0.2) is 17.1 Å². The molecule has 0 bridgehead atoms. The van der Waals surface area contributed by atoms with Gasteiger partial charge < -0.3 is 10.4 Å². The number of carbonyl (C=O) groups excluding carboxylic acids is 1. The molecule has 1 amide bonds. The van der Waals surface area contributed by atoms with Crippen molar-refractivity contribution in [2.45, 2.75) is 26.4 Å². The van der Waals surface area contributed by atoms with E-state index in [1.807, 2.05) is 18.7 Å². The summed E-state index contributed by atoms with van der Waals surface area (Å²) >= 11 is 0. The Bertz CT molecular complexity index is 853. The van der Waals surface area contributed by atoms with Gasteiger partial charge in [-0.15, -0.1) is 0 Å².